The highest BCUT2D eigenvalue weighted by atomic mass is 32.1. The lowest BCUT2D eigenvalue weighted by atomic mass is 9.96. The number of allylic oxidation sites excluding steroid dienone is 1. The van der Waals surface area contributed by atoms with Crippen molar-refractivity contribution >= 4 is 35.0 Å². The first-order chi connectivity index (χ1) is 17.2. The van der Waals surface area contributed by atoms with Crippen LogP contribution in [0.5, 0.6) is 5.75 Å². The number of benzene rings is 2. The summed E-state index contributed by atoms with van der Waals surface area (Å²) in [7, 11) is 3.94. The van der Waals surface area contributed by atoms with Gasteiger partial charge in [-0.1, -0.05) is 35.6 Å². The quantitative estimate of drug-likeness (QED) is 0.378. The molecule has 0 bridgehead atoms. The Morgan fingerprint density at radius 1 is 1.11 bits per heavy atom. The van der Waals surface area contributed by atoms with E-state index in [2.05, 4.69) is 4.99 Å². The molecule has 36 heavy (non-hydrogen) atoms. The molecule has 1 atom stereocenters. The number of carbonyl (C=O) groups is 2. The number of fused-ring (bicyclic) bond motifs is 1. The first-order valence-electron chi connectivity index (χ1n) is 11.4. The van der Waals surface area contributed by atoms with E-state index < -0.39 is 18.0 Å². The van der Waals surface area contributed by atoms with Crippen LogP contribution in [-0.4, -0.2) is 37.2 Å². The SMILES string of the molecule is CCOC(=O)C1=C(C)N=c2s/c(=C/c3ccc(N(C)C)cc3)c(=O)n2C1c1ccc(OC(C)=O)cc1. The number of anilines is 1. The first kappa shape index (κ1) is 25.1. The standard InChI is InChI=1S/C27H27N3O5S/c1-6-34-26(33)23-16(2)28-27-30(24(23)19-9-13-21(14-10-19)35-17(3)31)25(32)22(36-27)15-18-7-11-20(12-8-18)29(4)5/h7-15,24H,6H2,1-5H3/b22-15+. The van der Waals surface area contributed by atoms with E-state index in [9.17, 15) is 14.4 Å². The zero-order valence-corrected chi connectivity index (χ0v) is 21.6. The second-order valence-electron chi connectivity index (χ2n) is 8.45. The van der Waals surface area contributed by atoms with Crippen molar-refractivity contribution < 1.29 is 19.1 Å². The second kappa shape index (κ2) is 10.3. The number of thiazole rings is 1. The summed E-state index contributed by atoms with van der Waals surface area (Å²) in [4.78, 5) is 45.0. The van der Waals surface area contributed by atoms with Gasteiger partial charge in [0.2, 0.25) is 0 Å². The first-order valence-corrected chi connectivity index (χ1v) is 12.3. The summed E-state index contributed by atoms with van der Waals surface area (Å²) in [5, 5.41) is 0. The van der Waals surface area contributed by atoms with Gasteiger partial charge in [0, 0.05) is 26.7 Å². The van der Waals surface area contributed by atoms with Crippen molar-refractivity contribution in [2.45, 2.75) is 26.8 Å². The minimum Gasteiger partial charge on any atom is -0.463 e. The van der Waals surface area contributed by atoms with Gasteiger partial charge in [0.1, 0.15) is 5.75 Å². The molecule has 0 spiro atoms. The second-order valence-corrected chi connectivity index (χ2v) is 9.46. The van der Waals surface area contributed by atoms with Gasteiger partial charge in [-0.3, -0.25) is 14.2 Å². The maximum atomic E-state index is 13.7. The Labute approximate surface area is 212 Å². The molecule has 0 fully saturated rings. The number of carbonyl (C=O) groups excluding carboxylic acids is 2. The van der Waals surface area contributed by atoms with Gasteiger partial charge >= 0.3 is 11.9 Å². The largest absolute Gasteiger partial charge is 0.463 e. The summed E-state index contributed by atoms with van der Waals surface area (Å²) in [5.74, 6) is -0.586. The van der Waals surface area contributed by atoms with E-state index in [1.165, 1.54) is 22.8 Å². The van der Waals surface area contributed by atoms with Crippen molar-refractivity contribution in [1.29, 1.82) is 0 Å². The van der Waals surface area contributed by atoms with Crippen molar-refractivity contribution in [2.75, 3.05) is 25.6 Å². The Bertz CT molecular complexity index is 1510. The fraction of sp³-hybridized carbons (Fsp3) is 0.259. The average molecular weight is 506 g/mol. The monoisotopic (exact) mass is 505 g/mol. The molecule has 3 aromatic rings. The Morgan fingerprint density at radius 3 is 2.36 bits per heavy atom. The molecular formula is C27H27N3O5S. The molecule has 2 heterocycles. The third-order valence-electron chi connectivity index (χ3n) is 5.68. The van der Waals surface area contributed by atoms with Crippen molar-refractivity contribution in [3.8, 4) is 5.75 Å². The molecule has 1 aliphatic heterocycles. The summed E-state index contributed by atoms with van der Waals surface area (Å²) in [6, 6.07) is 13.9. The summed E-state index contributed by atoms with van der Waals surface area (Å²) in [6.45, 7) is 4.99. The molecule has 1 aromatic heterocycles. The highest BCUT2D eigenvalue weighted by molar-refractivity contribution is 7.07. The fourth-order valence-corrected chi connectivity index (χ4v) is 5.06. The zero-order chi connectivity index (χ0) is 26.0. The van der Waals surface area contributed by atoms with E-state index in [1.54, 1.807) is 38.1 Å². The molecule has 1 aliphatic rings. The molecule has 4 rings (SSSR count). The molecule has 0 amide bonds. The smallest absolute Gasteiger partial charge is 0.338 e. The van der Waals surface area contributed by atoms with E-state index in [0.717, 1.165) is 11.3 Å². The number of aromatic nitrogens is 1. The Hall–Kier alpha value is -3.98. The summed E-state index contributed by atoms with van der Waals surface area (Å²) in [6.07, 6.45) is 1.83. The Balaban J connectivity index is 1.86. The normalized spacial score (nSPS) is 15.2. The Morgan fingerprint density at radius 2 is 1.78 bits per heavy atom. The van der Waals surface area contributed by atoms with Crippen LogP contribution in [0.1, 0.15) is 37.9 Å². The number of nitrogens with zero attached hydrogens (tertiary/aromatic N) is 3. The van der Waals surface area contributed by atoms with Crippen LogP contribution in [-0.2, 0) is 14.3 Å². The number of rotatable bonds is 6. The van der Waals surface area contributed by atoms with Gasteiger partial charge in [-0.2, -0.15) is 0 Å². The average Bonchev–Trinajstić information content (AvgIpc) is 3.13. The molecule has 2 aromatic carbocycles. The van der Waals surface area contributed by atoms with E-state index in [0.29, 0.717) is 31.9 Å². The lowest BCUT2D eigenvalue weighted by molar-refractivity contribution is -0.139. The van der Waals surface area contributed by atoms with Gasteiger partial charge in [-0.05, 0) is 55.3 Å². The minimum absolute atomic E-state index is 0.196. The van der Waals surface area contributed by atoms with Crippen LogP contribution in [0.3, 0.4) is 0 Å². The minimum atomic E-state index is -0.732. The molecular weight excluding hydrogens is 478 g/mol. The van der Waals surface area contributed by atoms with Crippen molar-refractivity contribution in [3.05, 3.63) is 90.6 Å². The number of esters is 2. The lowest BCUT2D eigenvalue weighted by Gasteiger charge is -2.24. The highest BCUT2D eigenvalue weighted by Gasteiger charge is 2.33. The molecule has 186 valence electrons. The van der Waals surface area contributed by atoms with E-state index in [4.69, 9.17) is 9.47 Å². The maximum absolute atomic E-state index is 13.7. The summed E-state index contributed by atoms with van der Waals surface area (Å²) >= 11 is 1.27. The van der Waals surface area contributed by atoms with Crippen LogP contribution in [0.15, 0.2) is 69.6 Å². The predicted molar refractivity (Wildman–Crippen MR) is 139 cm³/mol. The molecule has 0 radical (unpaired) electrons. The molecule has 1 unspecified atom stereocenters. The number of hydrogen-bond acceptors (Lipinski definition) is 8. The molecule has 0 aliphatic carbocycles. The van der Waals surface area contributed by atoms with Crippen LogP contribution in [0.2, 0.25) is 0 Å². The predicted octanol–water partition coefficient (Wildman–Crippen LogP) is 2.79. The summed E-state index contributed by atoms with van der Waals surface area (Å²) < 4.78 is 12.5. The van der Waals surface area contributed by atoms with E-state index in [-0.39, 0.29) is 12.2 Å². The van der Waals surface area contributed by atoms with Crippen molar-refractivity contribution in [1.82, 2.24) is 4.57 Å². The lowest BCUT2D eigenvalue weighted by Crippen LogP contribution is -2.39. The Kier molecular flexibility index (Phi) is 7.21. The molecule has 9 heteroatoms. The number of ether oxygens (including phenoxy) is 2. The van der Waals surface area contributed by atoms with Gasteiger partial charge in [-0.15, -0.1) is 0 Å². The molecule has 0 saturated carbocycles. The molecule has 8 nitrogen and oxygen atoms in total. The van der Waals surface area contributed by atoms with E-state index >= 15 is 0 Å². The number of hydrogen-bond donors (Lipinski definition) is 0. The zero-order valence-electron chi connectivity index (χ0n) is 20.8. The third kappa shape index (κ3) is 5.01. The fourth-order valence-electron chi connectivity index (χ4n) is 4.01. The third-order valence-corrected chi connectivity index (χ3v) is 6.66. The van der Waals surface area contributed by atoms with Crippen LogP contribution in [0, 0.1) is 0 Å². The molecule has 0 N–H and O–H groups in total. The van der Waals surface area contributed by atoms with Gasteiger partial charge in [0.05, 0.1) is 28.5 Å². The molecule has 0 saturated heterocycles. The van der Waals surface area contributed by atoms with Crippen LogP contribution < -0.4 is 24.5 Å². The maximum Gasteiger partial charge on any atom is 0.338 e. The van der Waals surface area contributed by atoms with Crippen LogP contribution in [0.25, 0.3) is 6.08 Å². The van der Waals surface area contributed by atoms with Crippen LogP contribution in [0.4, 0.5) is 5.69 Å². The highest BCUT2D eigenvalue weighted by Crippen LogP contribution is 2.31. The topological polar surface area (TPSA) is 90.2 Å². The van der Waals surface area contributed by atoms with Gasteiger partial charge in [0.15, 0.2) is 4.80 Å². The van der Waals surface area contributed by atoms with Crippen molar-refractivity contribution in [3.63, 3.8) is 0 Å². The van der Waals surface area contributed by atoms with Crippen LogP contribution >= 0.6 is 11.3 Å². The van der Waals surface area contributed by atoms with Gasteiger partial charge in [0.25, 0.3) is 5.56 Å². The summed E-state index contributed by atoms with van der Waals surface area (Å²) in [5.41, 5.74) is 3.15. The van der Waals surface area contributed by atoms with Gasteiger partial charge in [-0.25, -0.2) is 9.79 Å². The van der Waals surface area contributed by atoms with E-state index in [1.807, 2.05) is 49.3 Å². The van der Waals surface area contributed by atoms with Gasteiger partial charge < -0.3 is 14.4 Å². The van der Waals surface area contributed by atoms with Crippen molar-refractivity contribution in [2.24, 2.45) is 4.99 Å².